The minimum atomic E-state index is -0.0445. The Balaban J connectivity index is 0.000000298. The highest BCUT2D eigenvalue weighted by Crippen LogP contribution is 2.33. The van der Waals surface area contributed by atoms with Gasteiger partial charge in [-0.2, -0.15) is 0 Å². The second-order valence-electron chi connectivity index (χ2n) is 13.1. The zero-order valence-electron chi connectivity index (χ0n) is 27.8. The highest BCUT2D eigenvalue weighted by atomic mass is 16.7. The largest absolute Gasteiger partial charge is 0.462 e. The number of amides is 1. The maximum absolute atomic E-state index is 12.0. The van der Waals surface area contributed by atoms with Crippen molar-refractivity contribution in [1.29, 1.82) is 0 Å². The summed E-state index contributed by atoms with van der Waals surface area (Å²) < 4.78 is 17.5. The van der Waals surface area contributed by atoms with E-state index in [1.54, 1.807) is 7.05 Å². The van der Waals surface area contributed by atoms with Crippen LogP contribution in [0.1, 0.15) is 125 Å². The lowest BCUT2D eigenvalue weighted by Crippen LogP contribution is -2.31. The van der Waals surface area contributed by atoms with Gasteiger partial charge in [-0.3, -0.25) is 14.4 Å². The van der Waals surface area contributed by atoms with Crippen molar-refractivity contribution in [3.8, 4) is 0 Å². The Kier molecular flexibility index (Phi) is 16.4. The Morgan fingerprint density at radius 2 is 1.48 bits per heavy atom. The number of unbranched alkanes of at least 4 members (excludes halogenated alkanes) is 2. The molecule has 0 aromatic heterocycles. The van der Waals surface area contributed by atoms with Gasteiger partial charge in [-0.25, -0.2) is 5.06 Å². The Labute approximate surface area is 256 Å². The second-order valence-corrected chi connectivity index (χ2v) is 13.1. The number of cyclic esters (lactones) is 1. The van der Waals surface area contributed by atoms with Gasteiger partial charge in [0.2, 0.25) is 5.91 Å². The number of hydrogen-bond donors (Lipinski definition) is 0. The molecular weight excluding hydrogens is 530 g/mol. The van der Waals surface area contributed by atoms with Crippen molar-refractivity contribution >= 4 is 11.9 Å². The summed E-state index contributed by atoms with van der Waals surface area (Å²) in [5.41, 5.74) is 2.47. The molecule has 0 aromatic carbocycles. The topological polar surface area (TPSA) is 74.3 Å². The molecule has 0 aromatic rings. The number of hydroxylamine groups is 2. The molecule has 3 fully saturated rings. The first-order valence-electron chi connectivity index (χ1n) is 16.7. The number of carbonyl (C=O) groups excluding carboxylic acids is 2. The molecule has 3 saturated heterocycles. The highest BCUT2D eigenvalue weighted by molar-refractivity contribution is 5.77. The van der Waals surface area contributed by atoms with Crippen molar-refractivity contribution in [1.82, 2.24) is 5.06 Å². The van der Waals surface area contributed by atoms with Crippen LogP contribution in [0.3, 0.4) is 0 Å². The molecule has 0 N–H and O–H groups in total. The third-order valence-corrected chi connectivity index (χ3v) is 9.10. The molecule has 7 nitrogen and oxygen atoms in total. The van der Waals surface area contributed by atoms with Gasteiger partial charge in [-0.05, 0) is 81.3 Å². The molecule has 3 heterocycles. The number of hydrogen-bond acceptors (Lipinski definition) is 6. The van der Waals surface area contributed by atoms with Crippen molar-refractivity contribution in [2.45, 2.75) is 155 Å². The molecule has 3 unspecified atom stereocenters. The SMILES string of the molecule is C=C1C[C@H](CCCC)OC1CCC(C)C[C@@H](C)C(=O)N(C)OC.C=C1C[C@H](CCCC)OC1CC[C@@H]1C[C@@H](C)C(=O)O1. The molecule has 0 aliphatic carbocycles. The molecule has 42 heavy (non-hydrogen) atoms. The Bertz CT molecular complexity index is 858. The molecular formula is C35H61NO6. The van der Waals surface area contributed by atoms with Crippen LogP contribution in [0.5, 0.6) is 0 Å². The minimum Gasteiger partial charge on any atom is -0.462 e. The van der Waals surface area contributed by atoms with Crippen LogP contribution in [-0.4, -0.2) is 61.6 Å². The fraction of sp³-hybridized carbons (Fsp3) is 0.829. The summed E-state index contributed by atoms with van der Waals surface area (Å²) in [6, 6.07) is 0. The zero-order chi connectivity index (χ0) is 31.2. The van der Waals surface area contributed by atoms with E-state index in [9.17, 15) is 9.59 Å². The molecule has 242 valence electrons. The lowest BCUT2D eigenvalue weighted by Gasteiger charge is -2.22. The van der Waals surface area contributed by atoms with E-state index >= 15 is 0 Å². The lowest BCUT2D eigenvalue weighted by molar-refractivity contribution is -0.173. The van der Waals surface area contributed by atoms with Crippen LogP contribution in [0.2, 0.25) is 0 Å². The highest BCUT2D eigenvalue weighted by Gasteiger charge is 2.34. The average Bonchev–Trinajstić information content (AvgIpc) is 3.62. The van der Waals surface area contributed by atoms with Gasteiger partial charge in [-0.15, -0.1) is 0 Å². The first kappa shape index (κ1) is 36.5. The van der Waals surface area contributed by atoms with Crippen LogP contribution in [0.4, 0.5) is 0 Å². The predicted octanol–water partition coefficient (Wildman–Crippen LogP) is 7.97. The van der Waals surface area contributed by atoms with E-state index in [1.165, 1.54) is 49.0 Å². The normalized spacial score (nSPS) is 28.8. The first-order chi connectivity index (χ1) is 20.0. The van der Waals surface area contributed by atoms with Gasteiger partial charge in [0.15, 0.2) is 0 Å². The molecule has 0 bridgehead atoms. The van der Waals surface area contributed by atoms with Crippen LogP contribution in [0.25, 0.3) is 0 Å². The second kappa shape index (κ2) is 18.9. The van der Waals surface area contributed by atoms with E-state index in [0.717, 1.165) is 64.2 Å². The Morgan fingerprint density at radius 3 is 1.95 bits per heavy atom. The zero-order valence-corrected chi connectivity index (χ0v) is 27.8. The maximum atomic E-state index is 12.0. The van der Waals surface area contributed by atoms with Crippen LogP contribution >= 0.6 is 0 Å². The van der Waals surface area contributed by atoms with Gasteiger partial charge in [-0.1, -0.05) is 73.5 Å². The van der Waals surface area contributed by atoms with E-state index in [2.05, 4.69) is 33.9 Å². The van der Waals surface area contributed by atoms with Gasteiger partial charge in [0.05, 0.1) is 37.4 Å². The summed E-state index contributed by atoms with van der Waals surface area (Å²) in [7, 11) is 3.18. The van der Waals surface area contributed by atoms with E-state index in [1.807, 2.05) is 13.8 Å². The smallest absolute Gasteiger partial charge is 0.309 e. The maximum Gasteiger partial charge on any atom is 0.309 e. The molecule has 0 radical (unpaired) electrons. The van der Waals surface area contributed by atoms with E-state index < -0.39 is 0 Å². The van der Waals surface area contributed by atoms with E-state index in [-0.39, 0.29) is 42.0 Å². The minimum absolute atomic E-state index is 0.0139. The van der Waals surface area contributed by atoms with Gasteiger partial charge < -0.3 is 14.2 Å². The fourth-order valence-corrected chi connectivity index (χ4v) is 6.34. The van der Waals surface area contributed by atoms with Gasteiger partial charge in [0, 0.05) is 13.0 Å². The Hall–Kier alpha value is -1.70. The van der Waals surface area contributed by atoms with Crippen molar-refractivity contribution < 1.29 is 28.6 Å². The molecule has 1 amide bonds. The van der Waals surface area contributed by atoms with Crippen molar-refractivity contribution in [3.05, 3.63) is 24.3 Å². The van der Waals surface area contributed by atoms with E-state index in [0.29, 0.717) is 18.1 Å². The van der Waals surface area contributed by atoms with E-state index in [4.69, 9.17) is 19.0 Å². The molecule has 8 atom stereocenters. The Morgan fingerprint density at radius 1 is 0.929 bits per heavy atom. The van der Waals surface area contributed by atoms with Gasteiger partial charge in [0.25, 0.3) is 0 Å². The van der Waals surface area contributed by atoms with Gasteiger partial charge in [0.1, 0.15) is 6.10 Å². The summed E-state index contributed by atoms with van der Waals surface area (Å²) in [6.45, 7) is 18.9. The average molecular weight is 592 g/mol. The van der Waals surface area contributed by atoms with Gasteiger partial charge >= 0.3 is 5.97 Å². The predicted molar refractivity (Wildman–Crippen MR) is 169 cm³/mol. The molecule has 3 aliphatic rings. The number of carbonyl (C=O) groups is 2. The molecule has 3 aliphatic heterocycles. The van der Waals surface area contributed by atoms with Crippen LogP contribution in [0, 0.1) is 17.8 Å². The molecule has 0 spiro atoms. The number of nitrogens with zero attached hydrogens (tertiary/aromatic N) is 1. The number of esters is 1. The summed E-state index contributed by atoms with van der Waals surface area (Å²) in [5.74, 6) is 0.540. The van der Waals surface area contributed by atoms with Crippen molar-refractivity contribution in [3.63, 3.8) is 0 Å². The first-order valence-corrected chi connectivity index (χ1v) is 16.7. The summed E-state index contributed by atoms with van der Waals surface area (Å²) in [5, 5.41) is 1.32. The number of rotatable bonds is 16. The molecule has 0 saturated carbocycles. The molecule has 7 heteroatoms. The lowest BCUT2D eigenvalue weighted by atomic mass is 9.91. The summed E-state index contributed by atoms with van der Waals surface area (Å²) in [6.07, 6.45) is 16.1. The fourth-order valence-electron chi connectivity index (χ4n) is 6.34. The number of ether oxygens (including phenoxy) is 3. The summed E-state index contributed by atoms with van der Waals surface area (Å²) in [4.78, 5) is 28.3. The van der Waals surface area contributed by atoms with Crippen LogP contribution in [0.15, 0.2) is 24.3 Å². The summed E-state index contributed by atoms with van der Waals surface area (Å²) >= 11 is 0. The van der Waals surface area contributed by atoms with Crippen molar-refractivity contribution in [2.75, 3.05) is 14.2 Å². The quantitative estimate of drug-likeness (QED) is 0.103. The van der Waals surface area contributed by atoms with Crippen LogP contribution in [-0.2, 0) is 28.6 Å². The monoisotopic (exact) mass is 591 g/mol. The third kappa shape index (κ3) is 12.1. The molecule has 3 rings (SSSR count). The standard InChI is InChI=1S/C19H35NO3.C16H26O3/c1-7-8-9-17-13-15(3)18(23-17)11-10-14(2)12-16(4)19(21)20(5)22-6;1-4-5-6-13-9-11(2)15(18-13)8-7-14-10-12(3)16(17)19-14/h14,16-18H,3,7-13H2,1-2,4-6H3;12-15H,2,4-10H2,1,3H3/t14?,16-,17+,18?;12-,13+,14-,15?/m11/s1. The van der Waals surface area contributed by atoms with Crippen molar-refractivity contribution in [2.24, 2.45) is 17.8 Å². The van der Waals surface area contributed by atoms with Crippen LogP contribution < -0.4 is 0 Å². The third-order valence-electron chi connectivity index (χ3n) is 9.10.